The van der Waals surface area contributed by atoms with Gasteiger partial charge in [-0.25, -0.2) is 0 Å². The van der Waals surface area contributed by atoms with Crippen molar-refractivity contribution < 1.29 is 0 Å². The van der Waals surface area contributed by atoms with Gasteiger partial charge >= 0.3 is 0 Å². The fraction of sp³-hybridized carbons (Fsp3) is 0.722. The molecule has 1 aromatic rings. The molecule has 1 saturated heterocycles. The Hall–Kier alpha value is -0.930. The lowest BCUT2D eigenvalue weighted by Gasteiger charge is -2.48. The first kappa shape index (κ1) is 13.7. The van der Waals surface area contributed by atoms with Gasteiger partial charge in [0, 0.05) is 43.6 Å². The van der Waals surface area contributed by atoms with E-state index in [4.69, 9.17) is 0 Å². The van der Waals surface area contributed by atoms with Crippen LogP contribution >= 0.6 is 0 Å². The highest BCUT2D eigenvalue weighted by Crippen LogP contribution is 2.41. The van der Waals surface area contributed by atoms with Crippen molar-refractivity contribution in [3.8, 4) is 0 Å². The third-order valence-electron chi connectivity index (χ3n) is 5.81. The van der Waals surface area contributed by atoms with Gasteiger partial charge in [0.1, 0.15) is 0 Å². The average Bonchev–Trinajstić information content (AvgIpc) is 3.22. The summed E-state index contributed by atoms with van der Waals surface area (Å²) in [6.07, 6.45) is 12.4. The SMILES string of the molecule is Cc1cncc(CN2CC(C3CC3)NCC23CCCC3)c1. The van der Waals surface area contributed by atoms with E-state index in [1.165, 1.54) is 62.7 Å². The number of pyridine rings is 1. The molecule has 2 heterocycles. The highest BCUT2D eigenvalue weighted by atomic mass is 15.3. The van der Waals surface area contributed by atoms with Crippen LogP contribution in [0.3, 0.4) is 0 Å². The van der Waals surface area contributed by atoms with E-state index in [0.717, 1.165) is 18.5 Å². The highest BCUT2D eigenvalue weighted by molar-refractivity contribution is 5.18. The lowest BCUT2D eigenvalue weighted by Crippen LogP contribution is -2.63. The number of nitrogens with one attached hydrogen (secondary N) is 1. The van der Waals surface area contributed by atoms with Gasteiger partial charge < -0.3 is 5.32 Å². The first-order chi connectivity index (χ1) is 10.3. The maximum absolute atomic E-state index is 4.39. The summed E-state index contributed by atoms with van der Waals surface area (Å²) in [6.45, 7) is 5.66. The highest BCUT2D eigenvalue weighted by Gasteiger charge is 2.46. The van der Waals surface area contributed by atoms with E-state index >= 15 is 0 Å². The molecule has 4 rings (SSSR count). The van der Waals surface area contributed by atoms with Crippen LogP contribution in [-0.4, -0.2) is 34.6 Å². The predicted molar refractivity (Wildman–Crippen MR) is 85.1 cm³/mol. The minimum absolute atomic E-state index is 0.426. The van der Waals surface area contributed by atoms with Crippen LogP contribution in [-0.2, 0) is 6.54 Å². The molecular formula is C18H27N3. The van der Waals surface area contributed by atoms with Gasteiger partial charge in [-0.15, -0.1) is 0 Å². The standard InChI is InChI=1S/C18H27N3/c1-14-8-15(10-19-9-14)11-21-12-17(16-4-5-16)20-13-18(21)6-2-3-7-18/h8-10,16-17,20H,2-7,11-13H2,1H3. The van der Waals surface area contributed by atoms with Gasteiger partial charge in [-0.1, -0.05) is 18.9 Å². The molecule has 0 aromatic carbocycles. The van der Waals surface area contributed by atoms with Crippen LogP contribution in [0.25, 0.3) is 0 Å². The summed E-state index contributed by atoms with van der Waals surface area (Å²) in [5, 5.41) is 3.88. The van der Waals surface area contributed by atoms with Crippen LogP contribution in [0, 0.1) is 12.8 Å². The van der Waals surface area contributed by atoms with Crippen molar-refractivity contribution in [3.63, 3.8) is 0 Å². The van der Waals surface area contributed by atoms with Crippen molar-refractivity contribution >= 4 is 0 Å². The number of hydrogen-bond donors (Lipinski definition) is 1. The molecule has 0 amide bonds. The van der Waals surface area contributed by atoms with Crippen molar-refractivity contribution in [2.24, 2.45) is 5.92 Å². The average molecular weight is 285 g/mol. The van der Waals surface area contributed by atoms with E-state index in [9.17, 15) is 0 Å². The van der Waals surface area contributed by atoms with E-state index in [1.807, 2.05) is 6.20 Å². The molecule has 1 atom stereocenters. The second-order valence-electron chi connectivity index (χ2n) is 7.51. The van der Waals surface area contributed by atoms with Crippen LogP contribution in [0.5, 0.6) is 0 Å². The Morgan fingerprint density at radius 2 is 2.10 bits per heavy atom. The number of hydrogen-bond acceptors (Lipinski definition) is 3. The third-order valence-corrected chi connectivity index (χ3v) is 5.81. The fourth-order valence-corrected chi connectivity index (χ4v) is 4.43. The van der Waals surface area contributed by atoms with Gasteiger partial charge in [0.2, 0.25) is 0 Å². The van der Waals surface area contributed by atoms with Crippen molar-refractivity contribution in [2.45, 2.75) is 63.6 Å². The van der Waals surface area contributed by atoms with Crippen molar-refractivity contribution in [1.29, 1.82) is 0 Å². The Morgan fingerprint density at radius 3 is 2.81 bits per heavy atom. The summed E-state index contributed by atoms with van der Waals surface area (Å²) in [4.78, 5) is 7.19. The monoisotopic (exact) mass is 285 g/mol. The van der Waals surface area contributed by atoms with Crippen molar-refractivity contribution in [2.75, 3.05) is 13.1 Å². The van der Waals surface area contributed by atoms with E-state index in [0.29, 0.717) is 5.54 Å². The minimum Gasteiger partial charge on any atom is -0.311 e. The molecule has 3 nitrogen and oxygen atoms in total. The topological polar surface area (TPSA) is 28.2 Å². The number of piperazine rings is 1. The molecule has 1 aromatic heterocycles. The summed E-state index contributed by atoms with van der Waals surface area (Å²) >= 11 is 0. The first-order valence-electron chi connectivity index (χ1n) is 8.64. The van der Waals surface area contributed by atoms with E-state index in [2.05, 4.69) is 34.4 Å². The van der Waals surface area contributed by atoms with Gasteiger partial charge in [0.05, 0.1) is 0 Å². The maximum Gasteiger partial charge on any atom is 0.0338 e. The molecule has 114 valence electrons. The number of aromatic nitrogens is 1. The molecule has 3 heteroatoms. The fourth-order valence-electron chi connectivity index (χ4n) is 4.43. The van der Waals surface area contributed by atoms with Gasteiger partial charge in [0.15, 0.2) is 0 Å². The van der Waals surface area contributed by atoms with Crippen LogP contribution in [0.15, 0.2) is 18.5 Å². The molecule has 21 heavy (non-hydrogen) atoms. The minimum atomic E-state index is 0.426. The van der Waals surface area contributed by atoms with Crippen LogP contribution in [0.4, 0.5) is 0 Å². The zero-order chi connectivity index (χ0) is 14.3. The molecular weight excluding hydrogens is 258 g/mol. The molecule has 0 radical (unpaired) electrons. The number of rotatable bonds is 3. The first-order valence-corrected chi connectivity index (χ1v) is 8.64. The van der Waals surface area contributed by atoms with E-state index < -0.39 is 0 Å². The maximum atomic E-state index is 4.39. The lowest BCUT2D eigenvalue weighted by molar-refractivity contribution is 0.0310. The summed E-state index contributed by atoms with van der Waals surface area (Å²) in [5.74, 6) is 0.946. The summed E-state index contributed by atoms with van der Waals surface area (Å²) in [7, 11) is 0. The molecule has 1 N–H and O–H groups in total. The normalized spacial score (nSPS) is 29.1. The molecule has 2 aliphatic carbocycles. The third kappa shape index (κ3) is 2.74. The van der Waals surface area contributed by atoms with Gasteiger partial charge in [0.25, 0.3) is 0 Å². The molecule has 1 spiro atoms. The second kappa shape index (κ2) is 5.36. The van der Waals surface area contributed by atoms with E-state index in [-0.39, 0.29) is 0 Å². The smallest absolute Gasteiger partial charge is 0.0338 e. The Bertz CT molecular complexity index is 503. The largest absolute Gasteiger partial charge is 0.311 e. The Kier molecular flexibility index (Phi) is 3.50. The van der Waals surface area contributed by atoms with Crippen LogP contribution < -0.4 is 5.32 Å². The van der Waals surface area contributed by atoms with Gasteiger partial charge in [-0.2, -0.15) is 0 Å². The molecule has 0 bridgehead atoms. The van der Waals surface area contributed by atoms with Crippen LogP contribution in [0.2, 0.25) is 0 Å². The number of nitrogens with zero attached hydrogens (tertiary/aromatic N) is 2. The zero-order valence-electron chi connectivity index (χ0n) is 13.1. The Labute approximate surface area is 128 Å². The molecule has 1 aliphatic heterocycles. The molecule has 1 unspecified atom stereocenters. The predicted octanol–water partition coefficient (Wildman–Crippen LogP) is 2.89. The van der Waals surface area contributed by atoms with Gasteiger partial charge in [-0.3, -0.25) is 9.88 Å². The summed E-state index contributed by atoms with van der Waals surface area (Å²) < 4.78 is 0. The molecule has 3 fully saturated rings. The molecule has 2 saturated carbocycles. The summed E-state index contributed by atoms with van der Waals surface area (Å²) in [5.41, 5.74) is 3.09. The zero-order valence-corrected chi connectivity index (χ0v) is 13.1. The van der Waals surface area contributed by atoms with Crippen molar-refractivity contribution in [1.82, 2.24) is 15.2 Å². The second-order valence-corrected chi connectivity index (χ2v) is 7.51. The molecule has 3 aliphatic rings. The van der Waals surface area contributed by atoms with E-state index in [1.54, 1.807) is 0 Å². The van der Waals surface area contributed by atoms with Gasteiger partial charge in [-0.05, 0) is 49.7 Å². The Balaban J connectivity index is 1.54. The lowest BCUT2D eigenvalue weighted by atomic mass is 9.89. The summed E-state index contributed by atoms with van der Waals surface area (Å²) in [6, 6.07) is 3.04. The van der Waals surface area contributed by atoms with Crippen molar-refractivity contribution in [3.05, 3.63) is 29.6 Å². The quantitative estimate of drug-likeness (QED) is 0.925. The van der Waals surface area contributed by atoms with Crippen LogP contribution in [0.1, 0.15) is 49.7 Å². The Morgan fingerprint density at radius 1 is 1.29 bits per heavy atom. The number of aryl methyl sites for hydroxylation is 1.